The molecule has 0 aromatic carbocycles. The van der Waals surface area contributed by atoms with Crippen molar-refractivity contribution in [1.82, 2.24) is 9.80 Å². The highest BCUT2D eigenvalue weighted by Crippen LogP contribution is 2.16. The van der Waals surface area contributed by atoms with Crippen molar-refractivity contribution in [1.29, 1.82) is 0 Å². The molecule has 1 aliphatic heterocycles. The summed E-state index contributed by atoms with van der Waals surface area (Å²) in [5.74, 6) is 6.62. The van der Waals surface area contributed by atoms with Crippen molar-refractivity contribution in [2.75, 3.05) is 32.7 Å². The maximum Gasteiger partial charge on any atom is 0.0230 e. The highest BCUT2D eigenvalue weighted by Gasteiger charge is 2.25. The van der Waals surface area contributed by atoms with E-state index < -0.39 is 0 Å². The molecule has 1 saturated heterocycles. The normalized spacial score (nSPS) is 19.1. The minimum absolute atomic E-state index is 0.151. The van der Waals surface area contributed by atoms with E-state index in [1.165, 1.54) is 39.1 Å². The van der Waals surface area contributed by atoms with Crippen LogP contribution in [0.5, 0.6) is 0 Å². The van der Waals surface area contributed by atoms with Gasteiger partial charge in [-0.05, 0) is 54.5 Å². The summed E-state index contributed by atoms with van der Waals surface area (Å²) in [6.45, 7) is 19.5. The average molecular weight is 264 g/mol. The number of hydrogen-bond donors (Lipinski definition) is 0. The predicted molar refractivity (Wildman–Crippen MR) is 84.2 cm³/mol. The Bertz CT molecular complexity index is 314. The minimum atomic E-state index is 0.151. The van der Waals surface area contributed by atoms with Gasteiger partial charge < -0.3 is 4.90 Å². The van der Waals surface area contributed by atoms with Crippen LogP contribution in [0.1, 0.15) is 54.4 Å². The zero-order valence-electron chi connectivity index (χ0n) is 13.8. The molecule has 110 valence electrons. The fourth-order valence-electron chi connectivity index (χ4n) is 2.36. The number of hydrogen-bond acceptors (Lipinski definition) is 2. The van der Waals surface area contributed by atoms with E-state index in [-0.39, 0.29) is 5.41 Å². The standard InChI is InChI=1S/C17H32N2/c1-16(2,3)10-8-7-9-11-18-12-14-19(15-13-18)17(4,5)6/h7,9,11-15H2,1-6H3. The summed E-state index contributed by atoms with van der Waals surface area (Å²) >= 11 is 0. The third-order valence-electron chi connectivity index (χ3n) is 3.56. The van der Waals surface area contributed by atoms with E-state index in [2.05, 4.69) is 63.2 Å². The molecule has 0 aromatic rings. The lowest BCUT2D eigenvalue weighted by molar-refractivity contribution is 0.0621. The quantitative estimate of drug-likeness (QED) is 0.570. The molecule has 0 unspecified atom stereocenters. The van der Waals surface area contributed by atoms with E-state index in [9.17, 15) is 0 Å². The van der Waals surface area contributed by atoms with Crippen LogP contribution in [0.2, 0.25) is 0 Å². The molecule has 1 rings (SSSR count). The Morgan fingerprint density at radius 2 is 1.47 bits per heavy atom. The first-order valence-corrected chi connectivity index (χ1v) is 7.66. The maximum atomic E-state index is 3.31. The fourth-order valence-corrected chi connectivity index (χ4v) is 2.36. The Morgan fingerprint density at radius 3 is 1.95 bits per heavy atom. The van der Waals surface area contributed by atoms with E-state index >= 15 is 0 Å². The molecule has 0 aromatic heterocycles. The lowest BCUT2D eigenvalue weighted by Gasteiger charge is -2.42. The number of rotatable bonds is 3. The van der Waals surface area contributed by atoms with Gasteiger partial charge in [0.25, 0.3) is 0 Å². The van der Waals surface area contributed by atoms with Gasteiger partial charge in [0.2, 0.25) is 0 Å². The molecule has 0 atom stereocenters. The first-order valence-electron chi connectivity index (χ1n) is 7.66. The molecule has 0 amide bonds. The van der Waals surface area contributed by atoms with Crippen LogP contribution < -0.4 is 0 Å². The molecule has 1 aliphatic rings. The van der Waals surface area contributed by atoms with E-state index in [0.29, 0.717) is 5.54 Å². The molecule has 0 spiro atoms. The Hall–Kier alpha value is -0.520. The Morgan fingerprint density at radius 1 is 0.895 bits per heavy atom. The summed E-state index contributed by atoms with van der Waals surface area (Å²) in [6.07, 6.45) is 2.25. The van der Waals surface area contributed by atoms with Crippen molar-refractivity contribution < 1.29 is 0 Å². The second-order valence-electron chi connectivity index (χ2n) is 7.65. The van der Waals surface area contributed by atoms with Gasteiger partial charge >= 0.3 is 0 Å². The van der Waals surface area contributed by atoms with E-state index in [0.717, 1.165) is 6.42 Å². The molecule has 2 nitrogen and oxygen atoms in total. The van der Waals surface area contributed by atoms with Gasteiger partial charge in [0.1, 0.15) is 0 Å². The summed E-state index contributed by atoms with van der Waals surface area (Å²) in [4.78, 5) is 5.17. The third-order valence-corrected chi connectivity index (χ3v) is 3.56. The van der Waals surface area contributed by atoms with Gasteiger partial charge in [-0.15, -0.1) is 5.92 Å². The summed E-state index contributed by atoms with van der Waals surface area (Å²) in [6, 6.07) is 0. The van der Waals surface area contributed by atoms with E-state index in [1.54, 1.807) is 0 Å². The zero-order chi connectivity index (χ0) is 14.5. The average Bonchev–Trinajstić information content (AvgIpc) is 2.26. The lowest BCUT2D eigenvalue weighted by Crippen LogP contribution is -2.53. The van der Waals surface area contributed by atoms with Crippen molar-refractivity contribution in [3.63, 3.8) is 0 Å². The summed E-state index contributed by atoms with van der Waals surface area (Å²) in [5, 5.41) is 0. The lowest BCUT2D eigenvalue weighted by atomic mass is 9.98. The van der Waals surface area contributed by atoms with Crippen LogP contribution in [-0.4, -0.2) is 48.1 Å². The molecular formula is C17H32N2. The third kappa shape index (κ3) is 6.99. The van der Waals surface area contributed by atoms with Crippen LogP contribution in [0, 0.1) is 17.3 Å². The number of nitrogens with zero attached hydrogens (tertiary/aromatic N) is 2. The minimum Gasteiger partial charge on any atom is -0.301 e. The van der Waals surface area contributed by atoms with Crippen molar-refractivity contribution >= 4 is 0 Å². The van der Waals surface area contributed by atoms with Crippen LogP contribution >= 0.6 is 0 Å². The smallest absolute Gasteiger partial charge is 0.0230 e. The molecular weight excluding hydrogens is 232 g/mol. The molecule has 0 saturated carbocycles. The second-order valence-corrected chi connectivity index (χ2v) is 7.65. The van der Waals surface area contributed by atoms with Crippen LogP contribution in [-0.2, 0) is 0 Å². The molecule has 0 bridgehead atoms. The SMILES string of the molecule is CC(C)(C)C#CCCCN1CCN(C(C)(C)C)CC1. The molecule has 0 radical (unpaired) electrons. The molecule has 0 aliphatic carbocycles. The van der Waals surface area contributed by atoms with Crippen molar-refractivity contribution in [3.05, 3.63) is 0 Å². The monoisotopic (exact) mass is 264 g/mol. The van der Waals surface area contributed by atoms with Gasteiger partial charge in [0, 0.05) is 43.6 Å². The van der Waals surface area contributed by atoms with Crippen molar-refractivity contribution in [2.24, 2.45) is 5.41 Å². The summed E-state index contributed by atoms with van der Waals surface area (Å²) in [5.41, 5.74) is 0.475. The molecule has 1 heterocycles. The van der Waals surface area contributed by atoms with Gasteiger partial charge in [-0.2, -0.15) is 0 Å². The summed E-state index contributed by atoms with van der Waals surface area (Å²) < 4.78 is 0. The Balaban J connectivity index is 2.18. The maximum absolute atomic E-state index is 3.31. The molecule has 19 heavy (non-hydrogen) atoms. The van der Waals surface area contributed by atoms with E-state index in [4.69, 9.17) is 0 Å². The fraction of sp³-hybridized carbons (Fsp3) is 0.882. The zero-order valence-corrected chi connectivity index (χ0v) is 13.8. The van der Waals surface area contributed by atoms with Crippen LogP contribution in [0.3, 0.4) is 0 Å². The van der Waals surface area contributed by atoms with Gasteiger partial charge in [-0.3, -0.25) is 4.90 Å². The van der Waals surface area contributed by atoms with E-state index in [1.807, 2.05) is 0 Å². The van der Waals surface area contributed by atoms with Crippen molar-refractivity contribution in [3.8, 4) is 11.8 Å². The van der Waals surface area contributed by atoms with Crippen LogP contribution in [0.25, 0.3) is 0 Å². The highest BCUT2D eigenvalue weighted by molar-refractivity contribution is 5.07. The first-order chi connectivity index (χ1) is 8.68. The molecule has 0 N–H and O–H groups in total. The number of piperazine rings is 1. The largest absolute Gasteiger partial charge is 0.301 e. The van der Waals surface area contributed by atoms with Crippen LogP contribution in [0.4, 0.5) is 0 Å². The Kier molecular flexibility index (Phi) is 5.89. The highest BCUT2D eigenvalue weighted by atomic mass is 15.3. The van der Waals surface area contributed by atoms with Gasteiger partial charge in [0.15, 0.2) is 0 Å². The Labute approximate surface area is 120 Å². The van der Waals surface area contributed by atoms with Crippen molar-refractivity contribution in [2.45, 2.75) is 59.9 Å². The second kappa shape index (κ2) is 6.77. The van der Waals surface area contributed by atoms with Gasteiger partial charge in [-0.25, -0.2) is 0 Å². The predicted octanol–water partition coefficient (Wildman–Crippen LogP) is 3.23. The van der Waals surface area contributed by atoms with Crippen LogP contribution in [0.15, 0.2) is 0 Å². The van der Waals surface area contributed by atoms with Gasteiger partial charge in [-0.1, -0.05) is 5.92 Å². The van der Waals surface area contributed by atoms with Gasteiger partial charge in [0.05, 0.1) is 0 Å². The number of unbranched alkanes of at least 4 members (excludes halogenated alkanes) is 1. The summed E-state index contributed by atoms with van der Waals surface area (Å²) in [7, 11) is 0. The first kappa shape index (κ1) is 16.5. The topological polar surface area (TPSA) is 6.48 Å². The molecule has 1 fully saturated rings. The molecule has 2 heteroatoms.